The van der Waals surface area contributed by atoms with Crippen molar-refractivity contribution in [2.24, 2.45) is 0 Å². The molecule has 1 aromatic heterocycles. The molecule has 0 radical (unpaired) electrons. The quantitative estimate of drug-likeness (QED) is 0.860. The zero-order chi connectivity index (χ0) is 16.1. The zero-order valence-electron chi connectivity index (χ0n) is 13.4. The fourth-order valence-electron chi connectivity index (χ4n) is 2.60. The summed E-state index contributed by atoms with van der Waals surface area (Å²) >= 11 is 0. The number of rotatable bonds is 6. The van der Waals surface area contributed by atoms with Crippen LogP contribution in [-0.4, -0.2) is 20.8 Å². The van der Waals surface area contributed by atoms with E-state index in [4.69, 9.17) is 0 Å². The molecule has 0 fully saturated rings. The van der Waals surface area contributed by atoms with E-state index in [0.29, 0.717) is 12.1 Å². The standard InChI is InChI=1S/C17H23N3O2/c1-4-9-20-13(3)16(12(2)19-20)17(22)18-10-14-7-5-6-8-15(14)11-21/h5-8,21H,4,9-11H2,1-3H3,(H,18,22). The minimum absolute atomic E-state index is 0.0292. The van der Waals surface area contributed by atoms with E-state index in [1.807, 2.05) is 42.8 Å². The van der Waals surface area contributed by atoms with Crippen LogP contribution in [0.3, 0.4) is 0 Å². The summed E-state index contributed by atoms with van der Waals surface area (Å²) in [5.41, 5.74) is 4.05. The molecule has 0 aliphatic heterocycles. The van der Waals surface area contributed by atoms with E-state index < -0.39 is 0 Å². The van der Waals surface area contributed by atoms with Crippen molar-refractivity contribution < 1.29 is 9.90 Å². The number of aryl methyl sites for hydroxylation is 2. The summed E-state index contributed by atoms with van der Waals surface area (Å²) in [5.74, 6) is -0.120. The molecular formula is C17H23N3O2. The number of hydrogen-bond acceptors (Lipinski definition) is 3. The van der Waals surface area contributed by atoms with E-state index in [-0.39, 0.29) is 12.5 Å². The second-order valence-electron chi connectivity index (χ2n) is 5.38. The van der Waals surface area contributed by atoms with Gasteiger partial charge in [-0.05, 0) is 31.4 Å². The van der Waals surface area contributed by atoms with E-state index in [2.05, 4.69) is 17.3 Å². The Hall–Kier alpha value is -2.14. The molecule has 2 N–H and O–H groups in total. The van der Waals surface area contributed by atoms with Crippen LogP contribution in [0.25, 0.3) is 0 Å². The number of hydrogen-bond donors (Lipinski definition) is 2. The maximum Gasteiger partial charge on any atom is 0.255 e. The molecule has 0 saturated carbocycles. The van der Waals surface area contributed by atoms with Gasteiger partial charge in [0.05, 0.1) is 17.9 Å². The van der Waals surface area contributed by atoms with Crippen molar-refractivity contribution in [3.63, 3.8) is 0 Å². The van der Waals surface area contributed by atoms with E-state index in [1.165, 1.54) is 0 Å². The number of aromatic nitrogens is 2. The Kier molecular flexibility index (Phi) is 5.33. The molecule has 118 valence electrons. The first kappa shape index (κ1) is 16.2. The van der Waals surface area contributed by atoms with Crippen LogP contribution < -0.4 is 5.32 Å². The summed E-state index contributed by atoms with van der Waals surface area (Å²) in [6.07, 6.45) is 0.979. The third-order valence-corrected chi connectivity index (χ3v) is 3.77. The Labute approximate surface area is 131 Å². The molecule has 0 unspecified atom stereocenters. The van der Waals surface area contributed by atoms with Gasteiger partial charge in [0.2, 0.25) is 0 Å². The van der Waals surface area contributed by atoms with Gasteiger partial charge in [0.25, 0.3) is 5.91 Å². The molecule has 1 aromatic carbocycles. The molecule has 0 atom stereocenters. The number of carbonyl (C=O) groups excluding carboxylic acids is 1. The average Bonchev–Trinajstić information content (AvgIpc) is 2.80. The number of aliphatic hydroxyl groups excluding tert-OH is 1. The summed E-state index contributed by atoms with van der Waals surface area (Å²) in [6.45, 7) is 7.04. The first-order valence-corrected chi connectivity index (χ1v) is 7.58. The maximum absolute atomic E-state index is 12.4. The van der Waals surface area contributed by atoms with Gasteiger partial charge in [0.1, 0.15) is 0 Å². The van der Waals surface area contributed by atoms with Crippen LogP contribution in [0.4, 0.5) is 0 Å². The van der Waals surface area contributed by atoms with Crippen LogP contribution in [0.5, 0.6) is 0 Å². The molecule has 1 amide bonds. The van der Waals surface area contributed by atoms with Crippen molar-refractivity contribution in [2.75, 3.05) is 0 Å². The van der Waals surface area contributed by atoms with Gasteiger partial charge in [-0.1, -0.05) is 31.2 Å². The SMILES string of the molecule is CCCn1nc(C)c(C(=O)NCc2ccccc2CO)c1C. The highest BCUT2D eigenvalue weighted by Gasteiger charge is 2.18. The number of carbonyl (C=O) groups is 1. The molecule has 1 heterocycles. The predicted octanol–water partition coefficient (Wildman–Crippen LogP) is 2.33. The van der Waals surface area contributed by atoms with Gasteiger partial charge >= 0.3 is 0 Å². The summed E-state index contributed by atoms with van der Waals surface area (Å²) in [5, 5.41) is 16.7. The van der Waals surface area contributed by atoms with Crippen LogP contribution >= 0.6 is 0 Å². The third-order valence-electron chi connectivity index (χ3n) is 3.77. The Morgan fingerprint density at radius 3 is 2.59 bits per heavy atom. The smallest absolute Gasteiger partial charge is 0.255 e. The molecule has 0 saturated heterocycles. The Balaban J connectivity index is 2.13. The van der Waals surface area contributed by atoms with Gasteiger partial charge < -0.3 is 10.4 Å². The largest absolute Gasteiger partial charge is 0.392 e. The first-order valence-electron chi connectivity index (χ1n) is 7.58. The normalized spacial score (nSPS) is 10.7. The van der Waals surface area contributed by atoms with Gasteiger partial charge in [0, 0.05) is 18.8 Å². The minimum atomic E-state index is -0.120. The lowest BCUT2D eigenvalue weighted by Crippen LogP contribution is -2.24. The highest BCUT2D eigenvalue weighted by atomic mass is 16.3. The topological polar surface area (TPSA) is 67.2 Å². The lowest BCUT2D eigenvalue weighted by Gasteiger charge is -2.09. The molecule has 22 heavy (non-hydrogen) atoms. The lowest BCUT2D eigenvalue weighted by molar-refractivity contribution is 0.0949. The van der Waals surface area contributed by atoms with Gasteiger partial charge in [-0.3, -0.25) is 9.48 Å². The summed E-state index contributed by atoms with van der Waals surface area (Å²) < 4.78 is 1.88. The monoisotopic (exact) mass is 301 g/mol. The second-order valence-corrected chi connectivity index (χ2v) is 5.38. The second kappa shape index (κ2) is 7.22. The predicted molar refractivity (Wildman–Crippen MR) is 85.5 cm³/mol. The highest BCUT2D eigenvalue weighted by molar-refractivity contribution is 5.96. The lowest BCUT2D eigenvalue weighted by atomic mass is 10.1. The van der Waals surface area contributed by atoms with Crippen molar-refractivity contribution in [1.82, 2.24) is 15.1 Å². The van der Waals surface area contributed by atoms with Gasteiger partial charge in [0.15, 0.2) is 0 Å². The van der Waals surface area contributed by atoms with Crippen molar-refractivity contribution >= 4 is 5.91 Å². The van der Waals surface area contributed by atoms with Gasteiger partial charge in [-0.2, -0.15) is 5.10 Å². The minimum Gasteiger partial charge on any atom is -0.392 e. The van der Waals surface area contributed by atoms with Crippen LogP contribution in [0.1, 0.15) is 46.2 Å². The van der Waals surface area contributed by atoms with Crippen LogP contribution in [0.15, 0.2) is 24.3 Å². The number of benzene rings is 1. The fourth-order valence-corrected chi connectivity index (χ4v) is 2.60. The molecule has 2 rings (SSSR count). The summed E-state index contributed by atoms with van der Waals surface area (Å²) in [6, 6.07) is 7.54. The van der Waals surface area contributed by atoms with E-state index in [1.54, 1.807) is 0 Å². The van der Waals surface area contributed by atoms with E-state index >= 15 is 0 Å². The third kappa shape index (κ3) is 3.36. The van der Waals surface area contributed by atoms with Crippen molar-refractivity contribution in [3.8, 4) is 0 Å². The molecule has 0 bridgehead atoms. The molecule has 5 nitrogen and oxygen atoms in total. The average molecular weight is 301 g/mol. The first-order chi connectivity index (χ1) is 10.6. The summed E-state index contributed by atoms with van der Waals surface area (Å²) in [7, 11) is 0. The Bertz CT molecular complexity index is 662. The number of nitrogens with zero attached hydrogens (tertiary/aromatic N) is 2. The van der Waals surface area contributed by atoms with E-state index in [9.17, 15) is 9.90 Å². The number of amides is 1. The molecular weight excluding hydrogens is 278 g/mol. The fraction of sp³-hybridized carbons (Fsp3) is 0.412. The van der Waals surface area contributed by atoms with Crippen LogP contribution in [-0.2, 0) is 19.7 Å². The van der Waals surface area contributed by atoms with Gasteiger partial charge in [-0.25, -0.2) is 0 Å². The number of nitrogens with one attached hydrogen (secondary N) is 1. The Morgan fingerprint density at radius 1 is 1.27 bits per heavy atom. The number of aliphatic hydroxyl groups is 1. The molecule has 0 aliphatic carbocycles. The van der Waals surface area contributed by atoms with E-state index in [0.717, 1.165) is 35.5 Å². The van der Waals surface area contributed by atoms with Gasteiger partial charge in [-0.15, -0.1) is 0 Å². The molecule has 0 spiro atoms. The highest BCUT2D eigenvalue weighted by Crippen LogP contribution is 2.14. The van der Waals surface area contributed by atoms with Crippen molar-refractivity contribution in [2.45, 2.75) is 46.9 Å². The van der Waals surface area contributed by atoms with Crippen LogP contribution in [0.2, 0.25) is 0 Å². The molecule has 0 aliphatic rings. The van der Waals surface area contributed by atoms with Crippen molar-refractivity contribution in [3.05, 3.63) is 52.3 Å². The Morgan fingerprint density at radius 2 is 1.95 bits per heavy atom. The maximum atomic E-state index is 12.4. The summed E-state index contributed by atoms with van der Waals surface area (Å²) in [4.78, 5) is 12.4. The van der Waals surface area contributed by atoms with Crippen molar-refractivity contribution in [1.29, 1.82) is 0 Å². The molecule has 5 heteroatoms. The van der Waals surface area contributed by atoms with Crippen LogP contribution in [0, 0.1) is 13.8 Å². The zero-order valence-corrected chi connectivity index (χ0v) is 13.4. The molecule has 2 aromatic rings.